The molecule has 1 aromatic heterocycles. The highest BCUT2D eigenvalue weighted by Gasteiger charge is 2.29. The van der Waals surface area contributed by atoms with E-state index in [-0.39, 0.29) is 6.10 Å². The zero-order valence-electron chi connectivity index (χ0n) is 11.5. The first-order valence-corrected chi connectivity index (χ1v) is 7.70. The number of nitrogens with zero attached hydrogens (tertiary/aromatic N) is 2. The zero-order chi connectivity index (χ0) is 13.3. The molecule has 1 aliphatic rings. The van der Waals surface area contributed by atoms with E-state index in [1.165, 1.54) is 12.8 Å². The molecule has 1 heterocycles. The number of rotatable bonds is 4. The summed E-state index contributed by atoms with van der Waals surface area (Å²) < 4.78 is 2.99. The third kappa shape index (κ3) is 2.80. The van der Waals surface area contributed by atoms with Crippen molar-refractivity contribution in [3.63, 3.8) is 0 Å². The maximum Gasteiger partial charge on any atom is 0.0766 e. The predicted molar refractivity (Wildman–Crippen MR) is 76.5 cm³/mol. The molecule has 4 heteroatoms. The number of aliphatic hydroxyl groups is 1. The van der Waals surface area contributed by atoms with E-state index in [0.29, 0.717) is 12.3 Å². The van der Waals surface area contributed by atoms with Crippen LogP contribution in [0.4, 0.5) is 0 Å². The minimum atomic E-state index is -0.230. The smallest absolute Gasteiger partial charge is 0.0766 e. The summed E-state index contributed by atoms with van der Waals surface area (Å²) in [5.41, 5.74) is 2.21. The minimum Gasteiger partial charge on any atom is -0.392 e. The van der Waals surface area contributed by atoms with Crippen LogP contribution in [-0.2, 0) is 19.9 Å². The number of aliphatic hydroxyl groups excluding tert-OH is 1. The molecule has 0 aliphatic heterocycles. The number of halogens is 1. The summed E-state index contributed by atoms with van der Waals surface area (Å²) in [6, 6.07) is 0. The number of aromatic nitrogens is 2. The Morgan fingerprint density at radius 3 is 2.72 bits per heavy atom. The Kier molecular flexibility index (Phi) is 4.49. The first-order chi connectivity index (χ1) is 8.52. The summed E-state index contributed by atoms with van der Waals surface area (Å²) in [5, 5.41) is 14.9. The monoisotopic (exact) mass is 314 g/mol. The van der Waals surface area contributed by atoms with E-state index in [0.717, 1.165) is 34.6 Å². The highest BCUT2D eigenvalue weighted by molar-refractivity contribution is 9.10. The average molecular weight is 315 g/mol. The quantitative estimate of drug-likeness (QED) is 0.927. The van der Waals surface area contributed by atoms with Crippen LogP contribution in [0.5, 0.6) is 0 Å². The highest BCUT2D eigenvalue weighted by Crippen LogP contribution is 2.34. The molecular formula is C14H23BrN2O. The van der Waals surface area contributed by atoms with Gasteiger partial charge < -0.3 is 5.11 Å². The fraction of sp³-hybridized carbons (Fsp3) is 0.786. The van der Waals surface area contributed by atoms with E-state index >= 15 is 0 Å². The van der Waals surface area contributed by atoms with Crippen LogP contribution in [0.15, 0.2) is 4.47 Å². The highest BCUT2D eigenvalue weighted by atomic mass is 79.9. The lowest BCUT2D eigenvalue weighted by atomic mass is 9.96. The Morgan fingerprint density at radius 1 is 1.50 bits per heavy atom. The van der Waals surface area contributed by atoms with Gasteiger partial charge in [0.15, 0.2) is 0 Å². The maximum atomic E-state index is 10.4. The van der Waals surface area contributed by atoms with E-state index in [2.05, 4.69) is 34.9 Å². The molecule has 102 valence electrons. The largest absolute Gasteiger partial charge is 0.392 e. The van der Waals surface area contributed by atoms with Gasteiger partial charge in [-0.25, -0.2) is 0 Å². The maximum absolute atomic E-state index is 10.4. The van der Waals surface area contributed by atoms with Crippen LogP contribution in [0.1, 0.15) is 44.5 Å². The fourth-order valence-corrected chi connectivity index (χ4v) is 3.79. The Hall–Kier alpha value is -0.350. The number of hydrogen-bond acceptors (Lipinski definition) is 2. The van der Waals surface area contributed by atoms with E-state index < -0.39 is 0 Å². The summed E-state index contributed by atoms with van der Waals surface area (Å²) in [4.78, 5) is 0. The van der Waals surface area contributed by atoms with Gasteiger partial charge in [0.25, 0.3) is 0 Å². The van der Waals surface area contributed by atoms with Crippen LogP contribution in [-0.4, -0.2) is 21.0 Å². The lowest BCUT2D eigenvalue weighted by Crippen LogP contribution is -2.22. The summed E-state index contributed by atoms with van der Waals surface area (Å²) in [7, 11) is 1.96. The second kappa shape index (κ2) is 5.74. The van der Waals surface area contributed by atoms with Crippen LogP contribution in [0, 0.1) is 11.8 Å². The Bertz CT molecular complexity index is 416. The minimum absolute atomic E-state index is 0.230. The van der Waals surface area contributed by atoms with Crippen molar-refractivity contribution >= 4 is 15.9 Å². The van der Waals surface area contributed by atoms with Gasteiger partial charge in [-0.3, -0.25) is 4.68 Å². The van der Waals surface area contributed by atoms with Gasteiger partial charge in [-0.1, -0.05) is 20.3 Å². The molecule has 0 spiro atoms. The molecule has 1 fully saturated rings. The Morgan fingerprint density at radius 2 is 2.22 bits per heavy atom. The Labute approximate surface area is 118 Å². The van der Waals surface area contributed by atoms with Crippen LogP contribution in [0.2, 0.25) is 0 Å². The molecule has 0 radical (unpaired) electrons. The first-order valence-electron chi connectivity index (χ1n) is 6.91. The van der Waals surface area contributed by atoms with Gasteiger partial charge in [0.1, 0.15) is 0 Å². The third-order valence-corrected chi connectivity index (χ3v) is 5.10. The summed E-state index contributed by atoms with van der Waals surface area (Å²) >= 11 is 3.62. The van der Waals surface area contributed by atoms with Crippen molar-refractivity contribution in [2.75, 3.05) is 0 Å². The van der Waals surface area contributed by atoms with Crippen LogP contribution in [0.25, 0.3) is 0 Å². The molecular weight excluding hydrogens is 292 g/mol. The van der Waals surface area contributed by atoms with Gasteiger partial charge >= 0.3 is 0 Å². The van der Waals surface area contributed by atoms with Crippen molar-refractivity contribution in [3.8, 4) is 0 Å². The van der Waals surface area contributed by atoms with E-state index in [4.69, 9.17) is 0 Å². The van der Waals surface area contributed by atoms with Crippen molar-refractivity contribution in [1.29, 1.82) is 0 Å². The number of hydrogen-bond donors (Lipinski definition) is 1. The van der Waals surface area contributed by atoms with Gasteiger partial charge in [0.2, 0.25) is 0 Å². The topological polar surface area (TPSA) is 38.0 Å². The average Bonchev–Trinajstić information content (AvgIpc) is 2.87. The zero-order valence-corrected chi connectivity index (χ0v) is 13.1. The Balaban J connectivity index is 2.07. The second-order valence-corrected chi connectivity index (χ2v) is 6.43. The molecule has 1 N–H and O–H groups in total. The van der Waals surface area contributed by atoms with Gasteiger partial charge in [0.05, 0.1) is 22.0 Å². The second-order valence-electron chi connectivity index (χ2n) is 5.63. The molecule has 2 rings (SSSR count). The summed E-state index contributed by atoms with van der Waals surface area (Å²) in [6.45, 7) is 4.38. The molecule has 0 bridgehead atoms. The number of aryl methyl sites for hydroxylation is 2. The van der Waals surface area contributed by atoms with Crippen molar-refractivity contribution in [1.82, 2.24) is 9.78 Å². The van der Waals surface area contributed by atoms with Crippen molar-refractivity contribution in [2.45, 2.75) is 52.1 Å². The molecule has 3 unspecified atom stereocenters. The standard InChI is InChI=1S/C14H23BrN2O/c1-4-11-14(15)12(17(3)16-11)8-13(18)10-6-5-9(2)7-10/h9-10,13,18H,4-8H2,1-3H3. The SMILES string of the molecule is CCc1nn(C)c(CC(O)C2CCC(C)C2)c1Br. The lowest BCUT2D eigenvalue weighted by molar-refractivity contribution is 0.107. The van der Waals surface area contributed by atoms with Crippen molar-refractivity contribution in [2.24, 2.45) is 18.9 Å². The van der Waals surface area contributed by atoms with Crippen molar-refractivity contribution < 1.29 is 5.11 Å². The molecule has 0 amide bonds. The van der Waals surface area contributed by atoms with E-state index in [1.54, 1.807) is 0 Å². The molecule has 3 nitrogen and oxygen atoms in total. The fourth-order valence-electron chi connectivity index (χ4n) is 3.01. The molecule has 18 heavy (non-hydrogen) atoms. The lowest BCUT2D eigenvalue weighted by Gasteiger charge is -2.18. The predicted octanol–water partition coefficient (Wildman–Crippen LogP) is 3.08. The van der Waals surface area contributed by atoms with Crippen LogP contribution < -0.4 is 0 Å². The molecule has 1 saturated carbocycles. The molecule has 3 atom stereocenters. The van der Waals surface area contributed by atoms with Gasteiger partial charge in [0, 0.05) is 13.5 Å². The molecule has 0 saturated heterocycles. The summed E-state index contributed by atoms with van der Waals surface area (Å²) in [5.74, 6) is 1.23. The van der Waals surface area contributed by atoms with Gasteiger partial charge in [-0.15, -0.1) is 0 Å². The molecule has 0 aromatic carbocycles. The van der Waals surface area contributed by atoms with Crippen LogP contribution >= 0.6 is 15.9 Å². The first kappa shape index (κ1) is 14.1. The van der Waals surface area contributed by atoms with Crippen LogP contribution in [0.3, 0.4) is 0 Å². The van der Waals surface area contributed by atoms with E-state index in [9.17, 15) is 5.11 Å². The third-order valence-electron chi connectivity index (χ3n) is 4.18. The normalized spacial score (nSPS) is 25.6. The molecule has 1 aliphatic carbocycles. The van der Waals surface area contributed by atoms with Gasteiger partial charge in [-0.2, -0.15) is 5.10 Å². The van der Waals surface area contributed by atoms with Gasteiger partial charge in [-0.05, 0) is 47.0 Å². The van der Waals surface area contributed by atoms with Crippen molar-refractivity contribution in [3.05, 3.63) is 15.9 Å². The summed E-state index contributed by atoms with van der Waals surface area (Å²) in [6.07, 6.45) is 4.99. The molecule has 1 aromatic rings. The van der Waals surface area contributed by atoms with E-state index in [1.807, 2.05) is 11.7 Å².